The van der Waals surface area contributed by atoms with Crippen molar-refractivity contribution in [1.82, 2.24) is 9.97 Å². The van der Waals surface area contributed by atoms with Crippen LogP contribution >= 0.6 is 19.2 Å². The van der Waals surface area contributed by atoms with Crippen LogP contribution in [0.25, 0.3) is 0 Å². The molecule has 1 heterocycles. The standard InChI is InChI=1S/C19H18ClN4O5P/c1-28-30(27,29-2)16-6-4-3-5-15(16)23-17-14(20)11-21-19(24-17)22-13-9-7-12(8-10-13)18(25)26/h3-11H,1-2H3,(H,25,26)(H2,21,22,23,24). The van der Waals surface area contributed by atoms with Crippen molar-refractivity contribution >= 4 is 53.6 Å². The van der Waals surface area contributed by atoms with Gasteiger partial charge >= 0.3 is 13.6 Å². The van der Waals surface area contributed by atoms with Crippen molar-refractivity contribution in [1.29, 1.82) is 0 Å². The van der Waals surface area contributed by atoms with Crippen LogP contribution < -0.4 is 15.9 Å². The van der Waals surface area contributed by atoms with Crippen LogP contribution in [-0.2, 0) is 13.6 Å². The molecule has 0 bridgehead atoms. The van der Waals surface area contributed by atoms with Gasteiger partial charge in [0.15, 0.2) is 5.82 Å². The third kappa shape index (κ3) is 4.77. The number of rotatable bonds is 8. The van der Waals surface area contributed by atoms with Gasteiger partial charge in [0.1, 0.15) is 5.02 Å². The average Bonchev–Trinajstić information content (AvgIpc) is 2.76. The number of aromatic nitrogens is 2. The molecule has 3 aromatic rings. The van der Waals surface area contributed by atoms with Gasteiger partial charge < -0.3 is 24.8 Å². The van der Waals surface area contributed by atoms with Gasteiger partial charge in [-0.25, -0.2) is 9.78 Å². The average molecular weight is 449 g/mol. The lowest BCUT2D eigenvalue weighted by Crippen LogP contribution is -2.13. The van der Waals surface area contributed by atoms with E-state index in [1.54, 1.807) is 36.4 Å². The minimum Gasteiger partial charge on any atom is -0.478 e. The highest BCUT2D eigenvalue weighted by molar-refractivity contribution is 7.62. The molecule has 30 heavy (non-hydrogen) atoms. The van der Waals surface area contributed by atoms with E-state index in [0.717, 1.165) is 0 Å². The van der Waals surface area contributed by atoms with Crippen LogP contribution in [0.4, 0.5) is 23.1 Å². The molecule has 11 heteroatoms. The lowest BCUT2D eigenvalue weighted by atomic mass is 10.2. The Bertz CT molecular complexity index is 1100. The molecule has 2 aromatic carbocycles. The second kappa shape index (κ2) is 9.23. The third-order valence-electron chi connectivity index (χ3n) is 4.06. The summed E-state index contributed by atoms with van der Waals surface area (Å²) in [7, 11) is -0.911. The number of carboxylic acids is 1. The number of halogens is 1. The molecule has 0 aliphatic heterocycles. The zero-order valence-corrected chi connectivity index (χ0v) is 17.6. The lowest BCUT2D eigenvalue weighted by molar-refractivity contribution is 0.0697. The van der Waals surface area contributed by atoms with Crippen molar-refractivity contribution in [2.45, 2.75) is 0 Å². The molecule has 0 aliphatic carbocycles. The number of hydrogen-bond donors (Lipinski definition) is 3. The number of nitrogens with one attached hydrogen (secondary N) is 2. The predicted octanol–water partition coefficient (Wildman–Crippen LogP) is 4.43. The van der Waals surface area contributed by atoms with Crippen molar-refractivity contribution in [3.63, 3.8) is 0 Å². The number of carbonyl (C=O) groups is 1. The fraction of sp³-hybridized carbons (Fsp3) is 0.105. The Morgan fingerprint density at radius 1 is 1.07 bits per heavy atom. The highest BCUT2D eigenvalue weighted by Crippen LogP contribution is 2.47. The van der Waals surface area contributed by atoms with Crippen LogP contribution in [0.5, 0.6) is 0 Å². The third-order valence-corrected chi connectivity index (χ3v) is 6.28. The maximum absolute atomic E-state index is 12.8. The van der Waals surface area contributed by atoms with Gasteiger partial charge in [0, 0.05) is 19.9 Å². The van der Waals surface area contributed by atoms with E-state index in [9.17, 15) is 9.36 Å². The number of anilines is 4. The first-order valence-electron chi connectivity index (χ1n) is 8.57. The van der Waals surface area contributed by atoms with Crippen LogP contribution in [0, 0.1) is 0 Å². The molecular weight excluding hydrogens is 431 g/mol. The molecule has 0 spiro atoms. The summed E-state index contributed by atoms with van der Waals surface area (Å²) < 4.78 is 23.0. The number of aromatic carboxylic acids is 1. The van der Waals surface area contributed by atoms with E-state index in [2.05, 4.69) is 20.6 Å². The summed E-state index contributed by atoms with van der Waals surface area (Å²) in [5.74, 6) is -0.523. The highest BCUT2D eigenvalue weighted by Gasteiger charge is 2.28. The van der Waals surface area contributed by atoms with Gasteiger partial charge in [0.05, 0.1) is 22.8 Å². The summed E-state index contributed by atoms with van der Waals surface area (Å²) in [6, 6.07) is 12.9. The normalized spacial score (nSPS) is 11.2. The van der Waals surface area contributed by atoms with Gasteiger partial charge in [-0.1, -0.05) is 23.7 Å². The number of hydrogen-bond acceptors (Lipinski definition) is 8. The Kier molecular flexibility index (Phi) is 6.69. The molecule has 0 fully saturated rings. The van der Waals surface area contributed by atoms with Crippen LogP contribution in [-0.4, -0.2) is 35.3 Å². The Morgan fingerprint density at radius 2 is 1.73 bits per heavy atom. The van der Waals surface area contributed by atoms with Crippen LogP contribution in [0.3, 0.4) is 0 Å². The summed E-state index contributed by atoms with van der Waals surface area (Å²) in [6.45, 7) is 0. The summed E-state index contributed by atoms with van der Waals surface area (Å²) in [6.07, 6.45) is 1.40. The molecule has 0 aliphatic rings. The first-order valence-corrected chi connectivity index (χ1v) is 10.5. The molecule has 156 valence electrons. The smallest absolute Gasteiger partial charge is 0.362 e. The summed E-state index contributed by atoms with van der Waals surface area (Å²) >= 11 is 6.23. The van der Waals surface area contributed by atoms with E-state index in [1.165, 1.54) is 32.5 Å². The van der Waals surface area contributed by atoms with Gasteiger partial charge in [0.2, 0.25) is 5.95 Å². The first-order chi connectivity index (χ1) is 14.4. The molecule has 3 N–H and O–H groups in total. The van der Waals surface area contributed by atoms with Gasteiger partial charge in [-0.3, -0.25) is 4.57 Å². The molecule has 0 amide bonds. The number of benzene rings is 2. The number of para-hydroxylation sites is 1. The summed E-state index contributed by atoms with van der Waals surface area (Å²) in [4.78, 5) is 19.4. The highest BCUT2D eigenvalue weighted by atomic mass is 35.5. The van der Waals surface area contributed by atoms with E-state index >= 15 is 0 Å². The second-order valence-corrected chi connectivity index (χ2v) is 8.52. The van der Waals surface area contributed by atoms with Gasteiger partial charge in [-0.15, -0.1) is 0 Å². The maximum Gasteiger partial charge on any atom is 0.362 e. The molecule has 0 atom stereocenters. The molecular formula is C19H18ClN4O5P. The Labute approximate surface area is 177 Å². The largest absolute Gasteiger partial charge is 0.478 e. The van der Waals surface area contributed by atoms with Crippen molar-refractivity contribution in [3.05, 3.63) is 65.3 Å². The first kappa shape index (κ1) is 21.7. The summed E-state index contributed by atoms with van der Waals surface area (Å²) in [5.41, 5.74) is 1.20. The topological polar surface area (TPSA) is 123 Å². The van der Waals surface area contributed by atoms with Crippen molar-refractivity contribution < 1.29 is 23.5 Å². The fourth-order valence-electron chi connectivity index (χ4n) is 2.56. The maximum atomic E-state index is 12.8. The molecule has 0 saturated carbocycles. The van der Waals surface area contributed by atoms with E-state index in [1.807, 2.05) is 0 Å². The van der Waals surface area contributed by atoms with E-state index in [0.29, 0.717) is 16.7 Å². The molecule has 3 rings (SSSR count). The zero-order chi connectivity index (χ0) is 21.7. The van der Waals surface area contributed by atoms with Crippen molar-refractivity contribution in [3.8, 4) is 0 Å². The Hall–Kier alpha value is -2.97. The minimum atomic E-state index is -3.52. The molecule has 1 aromatic heterocycles. The fourth-order valence-corrected chi connectivity index (χ4v) is 3.93. The molecule has 0 radical (unpaired) electrons. The van der Waals surface area contributed by atoms with Gasteiger partial charge in [-0.05, 0) is 36.4 Å². The van der Waals surface area contributed by atoms with Crippen molar-refractivity contribution in [2.24, 2.45) is 0 Å². The van der Waals surface area contributed by atoms with Crippen LogP contribution in [0.15, 0.2) is 54.7 Å². The lowest BCUT2D eigenvalue weighted by Gasteiger charge is -2.18. The van der Waals surface area contributed by atoms with E-state index in [-0.39, 0.29) is 22.4 Å². The van der Waals surface area contributed by atoms with E-state index < -0.39 is 13.6 Å². The SMILES string of the molecule is COP(=O)(OC)c1ccccc1Nc1nc(Nc2ccc(C(=O)O)cc2)ncc1Cl. The summed E-state index contributed by atoms with van der Waals surface area (Å²) in [5, 5.41) is 15.5. The Morgan fingerprint density at radius 3 is 2.37 bits per heavy atom. The van der Waals surface area contributed by atoms with Crippen molar-refractivity contribution in [2.75, 3.05) is 24.9 Å². The predicted molar refractivity (Wildman–Crippen MR) is 115 cm³/mol. The quantitative estimate of drug-likeness (QED) is 0.429. The minimum absolute atomic E-state index is 0.164. The molecule has 9 nitrogen and oxygen atoms in total. The zero-order valence-electron chi connectivity index (χ0n) is 16.0. The number of carboxylic acid groups (broad SMARTS) is 1. The van der Waals surface area contributed by atoms with Crippen LogP contribution in [0.1, 0.15) is 10.4 Å². The van der Waals surface area contributed by atoms with Gasteiger partial charge in [-0.2, -0.15) is 4.98 Å². The molecule has 0 saturated heterocycles. The molecule has 0 unspecified atom stereocenters. The van der Waals surface area contributed by atoms with Gasteiger partial charge in [0.25, 0.3) is 0 Å². The monoisotopic (exact) mass is 448 g/mol. The van der Waals surface area contributed by atoms with E-state index in [4.69, 9.17) is 25.8 Å². The van der Waals surface area contributed by atoms with Crippen LogP contribution in [0.2, 0.25) is 5.02 Å². The second-order valence-electron chi connectivity index (χ2n) is 5.90. The Balaban J connectivity index is 1.88. The number of nitrogens with zero attached hydrogens (tertiary/aromatic N) is 2.